The molecule has 0 saturated carbocycles. The van der Waals surface area contributed by atoms with E-state index in [4.69, 9.17) is 13.9 Å². The van der Waals surface area contributed by atoms with Gasteiger partial charge in [0.1, 0.15) is 17.3 Å². The highest BCUT2D eigenvalue weighted by molar-refractivity contribution is 5.79. The van der Waals surface area contributed by atoms with Gasteiger partial charge in [0.25, 0.3) is 5.92 Å². The first-order valence-corrected chi connectivity index (χ1v) is 13.7. The van der Waals surface area contributed by atoms with Crippen molar-refractivity contribution in [2.75, 3.05) is 19.7 Å². The molecule has 0 aliphatic rings. The molecule has 41 heavy (non-hydrogen) atoms. The first kappa shape index (κ1) is 31.9. The summed E-state index contributed by atoms with van der Waals surface area (Å²) in [7, 11) is 0. The van der Waals surface area contributed by atoms with Crippen LogP contribution in [0, 0.1) is 20.8 Å². The van der Waals surface area contributed by atoms with Gasteiger partial charge in [-0.1, -0.05) is 24.3 Å². The van der Waals surface area contributed by atoms with Gasteiger partial charge in [0.05, 0.1) is 18.8 Å². The zero-order chi connectivity index (χ0) is 30.5. The molecule has 0 fully saturated rings. The summed E-state index contributed by atoms with van der Waals surface area (Å²) in [6.07, 6.45) is 0.542. The number of halogens is 2. The lowest BCUT2D eigenvalue weighted by Gasteiger charge is -2.27. The second-order valence-corrected chi connectivity index (χ2v) is 11.0. The van der Waals surface area contributed by atoms with Crippen LogP contribution in [0.3, 0.4) is 0 Å². The van der Waals surface area contributed by atoms with E-state index in [0.29, 0.717) is 42.5 Å². The Labute approximate surface area is 240 Å². The lowest BCUT2D eigenvalue weighted by Crippen LogP contribution is -2.40. The largest absolute Gasteiger partial charge is 0.476 e. The normalized spacial score (nSPS) is 12.1. The molecule has 0 spiro atoms. The van der Waals surface area contributed by atoms with Gasteiger partial charge < -0.3 is 13.9 Å². The van der Waals surface area contributed by atoms with Crippen molar-refractivity contribution in [3.05, 3.63) is 70.1 Å². The summed E-state index contributed by atoms with van der Waals surface area (Å²) in [5.74, 6) is -1.66. The van der Waals surface area contributed by atoms with Crippen LogP contribution < -0.4 is 4.74 Å². The Morgan fingerprint density at radius 2 is 1.63 bits per heavy atom. The highest BCUT2D eigenvalue weighted by Crippen LogP contribution is 2.31. The number of rotatable bonds is 13. The second kappa shape index (κ2) is 12.9. The Morgan fingerprint density at radius 1 is 1.02 bits per heavy atom. The first-order valence-electron chi connectivity index (χ1n) is 13.7. The molecule has 1 aromatic heterocycles. The van der Waals surface area contributed by atoms with Gasteiger partial charge in [-0.3, -0.25) is 9.69 Å². The van der Waals surface area contributed by atoms with Crippen molar-refractivity contribution in [3.8, 4) is 17.2 Å². The van der Waals surface area contributed by atoms with E-state index in [0.717, 1.165) is 29.3 Å². The molecule has 1 heterocycles. The quantitative estimate of drug-likeness (QED) is 0.211. The van der Waals surface area contributed by atoms with Crippen molar-refractivity contribution in [2.45, 2.75) is 79.9 Å². The topological polar surface area (TPSA) is 81.9 Å². The highest BCUT2D eigenvalue weighted by Gasteiger charge is 2.32. The molecule has 0 unspecified atom stereocenters. The minimum atomic E-state index is -2.92. The molecule has 0 bridgehead atoms. The lowest BCUT2D eigenvalue weighted by molar-refractivity contribution is -0.158. The Kier molecular flexibility index (Phi) is 10.1. The number of esters is 1. The number of ketones is 1. The third-order valence-corrected chi connectivity index (χ3v) is 6.69. The molecule has 0 aliphatic carbocycles. The number of carbonyl (C=O) groups is 2. The summed E-state index contributed by atoms with van der Waals surface area (Å²) < 4.78 is 44.2. The number of aromatic nitrogens is 1. The van der Waals surface area contributed by atoms with Gasteiger partial charge in [0, 0.05) is 37.6 Å². The summed E-state index contributed by atoms with van der Waals surface area (Å²) in [6.45, 7) is 14.8. The number of alkyl halides is 2. The molecule has 222 valence electrons. The molecular weight excluding hydrogens is 530 g/mol. The van der Waals surface area contributed by atoms with Gasteiger partial charge in [0.2, 0.25) is 5.89 Å². The SMILES string of the molecule is CCOC(=O)C(C)(C)Oc1c(C)cc(CN(CCc2nc(-c3ccc(C(C)(F)F)cc3)oc2C)CC(C)=O)cc1C. The molecule has 0 N–H and O–H groups in total. The Morgan fingerprint density at radius 3 is 2.17 bits per heavy atom. The van der Waals surface area contributed by atoms with E-state index in [9.17, 15) is 18.4 Å². The van der Waals surface area contributed by atoms with E-state index in [-0.39, 0.29) is 24.5 Å². The molecule has 0 atom stereocenters. The van der Waals surface area contributed by atoms with E-state index in [1.165, 1.54) is 12.1 Å². The van der Waals surface area contributed by atoms with Gasteiger partial charge in [-0.2, -0.15) is 0 Å². The third-order valence-electron chi connectivity index (χ3n) is 6.69. The molecular formula is C32H40F2N2O5. The summed E-state index contributed by atoms with van der Waals surface area (Å²) in [5.41, 5.74) is 2.92. The molecule has 3 rings (SSSR count). The summed E-state index contributed by atoms with van der Waals surface area (Å²) in [4.78, 5) is 31.1. The van der Waals surface area contributed by atoms with Crippen molar-refractivity contribution >= 4 is 11.8 Å². The molecule has 0 aliphatic heterocycles. The van der Waals surface area contributed by atoms with Gasteiger partial charge in [-0.25, -0.2) is 18.6 Å². The standard InChI is InChI=1S/C32H40F2N2O5/c1-9-39-30(38)31(6,7)41-28-20(2)16-24(17-21(28)3)19-36(18-22(4)37)15-14-27-23(5)40-29(35-27)25-10-12-26(13-11-25)32(8,33)34/h10-13,16-17H,9,14-15,18-19H2,1-8H3. The van der Waals surface area contributed by atoms with E-state index < -0.39 is 17.5 Å². The summed E-state index contributed by atoms with van der Waals surface area (Å²) in [5, 5.41) is 0. The summed E-state index contributed by atoms with van der Waals surface area (Å²) >= 11 is 0. The average Bonchev–Trinajstić information content (AvgIpc) is 3.24. The number of benzene rings is 2. The van der Waals surface area contributed by atoms with Crippen LogP contribution in [-0.4, -0.2) is 46.9 Å². The van der Waals surface area contributed by atoms with Crippen LogP contribution >= 0.6 is 0 Å². The van der Waals surface area contributed by atoms with Gasteiger partial charge in [-0.15, -0.1) is 0 Å². The van der Waals surface area contributed by atoms with E-state index in [1.807, 2.05) is 37.8 Å². The number of nitrogens with zero attached hydrogens (tertiary/aromatic N) is 2. The second-order valence-electron chi connectivity index (χ2n) is 11.0. The number of hydrogen-bond acceptors (Lipinski definition) is 7. The molecule has 3 aromatic rings. The van der Waals surface area contributed by atoms with E-state index in [1.54, 1.807) is 39.8 Å². The van der Waals surface area contributed by atoms with Crippen molar-refractivity contribution in [2.24, 2.45) is 0 Å². The van der Waals surface area contributed by atoms with E-state index >= 15 is 0 Å². The number of aryl methyl sites for hydroxylation is 3. The zero-order valence-corrected chi connectivity index (χ0v) is 25.2. The fourth-order valence-electron chi connectivity index (χ4n) is 4.63. The first-order chi connectivity index (χ1) is 19.1. The Balaban J connectivity index is 1.74. The van der Waals surface area contributed by atoms with Crippen LogP contribution in [0.25, 0.3) is 11.5 Å². The van der Waals surface area contributed by atoms with Crippen LogP contribution in [0.4, 0.5) is 8.78 Å². The fourth-order valence-corrected chi connectivity index (χ4v) is 4.63. The number of hydrogen-bond donors (Lipinski definition) is 0. The smallest absolute Gasteiger partial charge is 0.349 e. The van der Waals surface area contributed by atoms with Gasteiger partial charge >= 0.3 is 5.97 Å². The number of ether oxygens (including phenoxy) is 2. The molecule has 2 aromatic carbocycles. The number of oxazole rings is 1. The Hall–Kier alpha value is -3.59. The minimum absolute atomic E-state index is 0.0416. The molecule has 0 amide bonds. The predicted octanol–water partition coefficient (Wildman–Crippen LogP) is 6.73. The Bertz CT molecular complexity index is 1350. The van der Waals surface area contributed by atoms with Crippen LogP contribution in [0.2, 0.25) is 0 Å². The van der Waals surface area contributed by atoms with Crippen LogP contribution in [0.15, 0.2) is 40.8 Å². The van der Waals surface area contributed by atoms with E-state index in [2.05, 4.69) is 4.98 Å². The summed E-state index contributed by atoms with van der Waals surface area (Å²) in [6, 6.07) is 9.91. The lowest BCUT2D eigenvalue weighted by atomic mass is 10.0. The van der Waals surface area contributed by atoms with Crippen molar-refractivity contribution < 1.29 is 32.3 Å². The maximum atomic E-state index is 13.6. The van der Waals surface area contributed by atoms with Gasteiger partial charge in [0.15, 0.2) is 5.60 Å². The third kappa shape index (κ3) is 8.45. The molecule has 9 heteroatoms. The zero-order valence-electron chi connectivity index (χ0n) is 25.2. The average molecular weight is 571 g/mol. The minimum Gasteiger partial charge on any atom is -0.476 e. The number of carbonyl (C=O) groups excluding carboxylic acids is 2. The monoisotopic (exact) mass is 570 g/mol. The van der Waals surface area contributed by atoms with Crippen LogP contribution in [0.1, 0.15) is 68.3 Å². The highest BCUT2D eigenvalue weighted by atomic mass is 19.3. The predicted molar refractivity (Wildman–Crippen MR) is 153 cm³/mol. The maximum Gasteiger partial charge on any atom is 0.349 e. The van der Waals surface area contributed by atoms with Crippen LogP contribution in [-0.2, 0) is 33.2 Å². The van der Waals surface area contributed by atoms with Gasteiger partial charge in [-0.05, 0) is 77.3 Å². The van der Waals surface area contributed by atoms with Crippen molar-refractivity contribution in [3.63, 3.8) is 0 Å². The number of Topliss-reactive ketones (excluding diaryl/α,β-unsaturated/α-hetero) is 1. The van der Waals surface area contributed by atoms with Crippen LogP contribution in [0.5, 0.6) is 5.75 Å². The maximum absolute atomic E-state index is 13.6. The molecule has 7 nitrogen and oxygen atoms in total. The molecule has 0 radical (unpaired) electrons. The van der Waals surface area contributed by atoms with Crippen molar-refractivity contribution in [1.29, 1.82) is 0 Å². The fraction of sp³-hybridized carbons (Fsp3) is 0.469. The van der Waals surface area contributed by atoms with Crippen molar-refractivity contribution in [1.82, 2.24) is 9.88 Å². The molecule has 0 saturated heterocycles.